The summed E-state index contributed by atoms with van der Waals surface area (Å²) in [5.74, 6) is 0. The molecule has 0 saturated heterocycles. The van der Waals surface area contributed by atoms with Crippen molar-refractivity contribution in [3.8, 4) is 11.1 Å². The number of nitrogens with one attached hydrogen (secondary N) is 6. The molecule has 0 saturated carbocycles. The SMILES string of the molecule is O=C=Nc1cccc(NC(=O)OCCCNC(=O)Nc2ccc3c(c2)Cc2cc(NC(=O)NCCCOC(=O)Nc4cccc(N=C=O)c4)ccc2-3)c1. The summed E-state index contributed by atoms with van der Waals surface area (Å²) in [7, 11) is 0. The minimum Gasteiger partial charge on any atom is -0.449 e. The van der Waals surface area contributed by atoms with Crippen LogP contribution in [0.25, 0.3) is 11.1 Å². The van der Waals surface area contributed by atoms with E-state index in [1.54, 1.807) is 36.4 Å². The summed E-state index contributed by atoms with van der Waals surface area (Å²) in [6.45, 7) is 0.680. The molecule has 0 heterocycles. The van der Waals surface area contributed by atoms with Gasteiger partial charge in [0.05, 0.1) is 24.6 Å². The second-order valence-corrected chi connectivity index (χ2v) is 11.4. The van der Waals surface area contributed by atoms with Gasteiger partial charge in [0.1, 0.15) is 0 Å². The van der Waals surface area contributed by atoms with Crippen molar-refractivity contribution in [3.05, 3.63) is 96.1 Å². The molecule has 0 unspecified atom stereocenters. The summed E-state index contributed by atoms with van der Waals surface area (Å²) in [5, 5.41) is 16.2. The number of carbonyl (C=O) groups excluding carboxylic acids is 6. The normalized spacial score (nSPS) is 10.6. The highest BCUT2D eigenvalue weighted by Gasteiger charge is 2.20. The molecule has 1 aliphatic rings. The molecule has 4 aromatic rings. The number of ether oxygens (including phenoxy) is 2. The van der Waals surface area contributed by atoms with Gasteiger partial charge in [0.2, 0.25) is 12.2 Å². The standard InChI is InChI=1S/C37H34N8O8/c46-22-40-26-5-1-7-28(20-26)44-36(50)52-15-3-13-38-34(48)42-30-9-11-32-24(18-30)17-25-19-31(10-12-33(25)32)43-35(49)39-14-4-16-53-37(51)45-29-8-2-6-27(21-29)41-23-47/h1-2,5-12,18-21H,3-4,13-17H2,(H,44,50)(H,45,51)(H2,38,42,48)(H2,39,43,49). The minimum atomic E-state index is -0.678. The number of anilines is 4. The second-order valence-electron chi connectivity index (χ2n) is 11.4. The van der Waals surface area contributed by atoms with Gasteiger partial charge in [0.15, 0.2) is 0 Å². The molecule has 6 N–H and O–H groups in total. The lowest BCUT2D eigenvalue weighted by atomic mass is 10.1. The molecule has 0 aliphatic heterocycles. The van der Waals surface area contributed by atoms with Gasteiger partial charge in [-0.05, 0) is 102 Å². The smallest absolute Gasteiger partial charge is 0.411 e. The highest BCUT2D eigenvalue weighted by Crippen LogP contribution is 2.39. The number of hydrogen-bond acceptors (Lipinski definition) is 10. The van der Waals surface area contributed by atoms with Crippen molar-refractivity contribution >= 4 is 70.5 Å². The third-order valence-corrected chi connectivity index (χ3v) is 7.61. The summed E-state index contributed by atoms with van der Waals surface area (Å²) in [6, 6.07) is 23.2. The first-order valence-electron chi connectivity index (χ1n) is 16.4. The number of hydrogen-bond donors (Lipinski definition) is 6. The van der Waals surface area contributed by atoms with E-state index in [4.69, 9.17) is 9.47 Å². The van der Waals surface area contributed by atoms with Crippen LogP contribution >= 0.6 is 0 Å². The number of aliphatic imine (C=N–C) groups is 2. The van der Waals surface area contributed by atoms with Gasteiger partial charge >= 0.3 is 24.2 Å². The number of amides is 6. The molecule has 0 atom stereocenters. The Kier molecular flexibility index (Phi) is 13.0. The van der Waals surface area contributed by atoms with Crippen LogP contribution in [-0.4, -0.2) is 62.7 Å². The second kappa shape index (κ2) is 18.6. The van der Waals surface area contributed by atoms with Crippen LogP contribution in [0.2, 0.25) is 0 Å². The van der Waals surface area contributed by atoms with E-state index in [1.165, 1.54) is 24.3 Å². The average Bonchev–Trinajstić information content (AvgIpc) is 3.49. The van der Waals surface area contributed by atoms with E-state index in [0.717, 1.165) is 22.3 Å². The molecular formula is C37H34N8O8. The van der Waals surface area contributed by atoms with Crippen LogP contribution in [-0.2, 0) is 25.5 Å². The molecular weight excluding hydrogens is 684 g/mol. The van der Waals surface area contributed by atoms with Gasteiger partial charge in [-0.15, -0.1) is 0 Å². The molecule has 16 nitrogen and oxygen atoms in total. The highest BCUT2D eigenvalue weighted by atomic mass is 16.6. The van der Waals surface area contributed by atoms with E-state index in [-0.39, 0.29) is 26.3 Å². The Morgan fingerprint density at radius 2 is 1.00 bits per heavy atom. The molecule has 0 bridgehead atoms. The minimum absolute atomic E-state index is 0.0718. The first-order valence-corrected chi connectivity index (χ1v) is 16.4. The Morgan fingerprint density at radius 1 is 0.566 bits per heavy atom. The van der Waals surface area contributed by atoms with Gasteiger partial charge in [-0.3, -0.25) is 10.6 Å². The van der Waals surface area contributed by atoms with E-state index in [1.807, 2.05) is 36.4 Å². The monoisotopic (exact) mass is 718 g/mol. The van der Waals surface area contributed by atoms with Gasteiger partial charge in [0.25, 0.3) is 0 Å². The van der Waals surface area contributed by atoms with Crippen molar-refractivity contribution in [2.24, 2.45) is 9.98 Å². The van der Waals surface area contributed by atoms with Gasteiger partial charge in [-0.1, -0.05) is 24.3 Å². The van der Waals surface area contributed by atoms with Crippen molar-refractivity contribution in [3.63, 3.8) is 0 Å². The summed E-state index contributed by atoms with van der Waals surface area (Å²) >= 11 is 0. The number of rotatable bonds is 14. The first-order chi connectivity index (χ1) is 25.8. The number of nitrogens with zero attached hydrogens (tertiary/aromatic N) is 2. The number of benzene rings is 4. The lowest BCUT2D eigenvalue weighted by Gasteiger charge is -2.10. The van der Waals surface area contributed by atoms with E-state index in [2.05, 4.69) is 41.9 Å². The lowest BCUT2D eigenvalue weighted by Crippen LogP contribution is -2.30. The zero-order valence-electron chi connectivity index (χ0n) is 28.2. The molecule has 0 aromatic heterocycles. The summed E-state index contributed by atoms with van der Waals surface area (Å²) in [4.78, 5) is 76.8. The van der Waals surface area contributed by atoms with Crippen LogP contribution in [0.5, 0.6) is 0 Å². The molecule has 6 amide bonds. The molecule has 16 heteroatoms. The van der Waals surface area contributed by atoms with Crippen LogP contribution < -0.4 is 31.9 Å². The van der Waals surface area contributed by atoms with E-state index in [0.29, 0.717) is 53.4 Å². The molecule has 53 heavy (non-hydrogen) atoms. The van der Waals surface area contributed by atoms with E-state index >= 15 is 0 Å². The maximum absolute atomic E-state index is 12.5. The fourth-order valence-electron chi connectivity index (χ4n) is 5.31. The molecule has 0 spiro atoms. The van der Waals surface area contributed by atoms with Crippen LogP contribution in [0.1, 0.15) is 24.0 Å². The molecule has 1 aliphatic carbocycles. The van der Waals surface area contributed by atoms with Crippen molar-refractivity contribution in [1.29, 1.82) is 0 Å². The predicted octanol–water partition coefficient (Wildman–Crippen LogP) is 6.71. The Labute approximate surface area is 303 Å². The van der Waals surface area contributed by atoms with Gasteiger partial charge in [-0.25, -0.2) is 28.8 Å². The number of urea groups is 2. The summed E-state index contributed by atoms with van der Waals surface area (Å²) in [6.07, 6.45) is 2.90. The van der Waals surface area contributed by atoms with Crippen LogP contribution in [0, 0.1) is 0 Å². The van der Waals surface area contributed by atoms with Crippen molar-refractivity contribution < 1.29 is 38.2 Å². The molecule has 270 valence electrons. The largest absolute Gasteiger partial charge is 0.449 e. The topological polar surface area (TPSA) is 218 Å². The Bertz CT molecular complexity index is 1950. The molecule has 4 aromatic carbocycles. The van der Waals surface area contributed by atoms with Crippen molar-refractivity contribution in [2.75, 3.05) is 47.6 Å². The molecule has 5 rings (SSSR count). The molecule has 0 fully saturated rings. The van der Waals surface area contributed by atoms with Crippen molar-refractivity contribution in [2.45, 2.75) is 19.3 Å². The lowest BCUT2D eigenvalue weighted by molar-refractivity contribution is 0.159. The first kappa shape index (κ1) is 37.0. The Morgan fingerprint density at radius 3 is 1.43 bits per heavy atom. The zero-order valence-corrected chi connectivity index (χ0v) is 28.2. The van der Waals surface area contributed by atoms with Crippen LogP contribution in [0.3, 0.4) is 0 Å². The highest BCUT2D eigenvalue weighted by molar-refractivity contribution is 5.92. The fraction of sp³-hybridized carbons (Fsp3) is 0.189. The van der Waals surface area contributed by atoms with E-state index in [9.17, 15) is 28.8 Å². The van der Waals surface area contributed by atoms with Crippen LogP contribution in [0.15, 0.2) is 94.9 Å². The number of fused-ring (bicyclic) bond motifs is 3. The average molecular weight is 719 g/mol. The van der Waals surface area contributed by atoms with Gasteiger partial charge in [-0.2, -0.15) is 9.98 Å². The third kappa shape index (κ3) is 11.4. The fourth-order valence-corrected chi connectivity index (χ4v) is 5.31. The molecule has 0 radical (unpaired) electrons. The van der Waals surface area contributed by atoms with Gasteiger partial charge < -0.3 is 30.7 Å². The number of isocyanates is 2. The third-order valence-electron chi connectivity index (χ3n) is 7.61. The van der Waals surface area contributed by atoms with E-state index < -0.39 is 24.2 Å². The summed E-state index contributed by atoms with van der Waals surface area (Å²) in [5.41, 5.74) is 6.86. The Balaban J connectivity index is 0.973. The van der Waals surface area contributed by atoms with Crippen LogP contribution in [0.4, 0.5) is 53.3 Å². The van der Waals surface area contributed by atoms with Crippen molar-refractivity contribution in [1.82, 2.24) is 10.6 Å². The zero-order chi connectivity index (χ0) is 37.4. The maximum atomic E-state index is 12.5. The summed E-state index contributed by atoms with van der Waals surface area (Å²) < 4.78 is 10.3. The quantitative estimate of drug-likeness (QED) is 0.0411. The number of carbonyl (C=O) groups is 4. The Hall–Kier alpha value is -7.28. The van der Waals surface area contributed by atoms with Gasteiger partial charge in [0, 0.05) is 35.8 Å². The maximum Gasteiger partial charge on any atom is 0.411 e. The predicted molar refractivity (Wildman–Crippen MR) is 196 cm³/mol.